The van der Waals surface area contributed by atoms with Gasteiger partial charge in [0.2, 0.25) is 5.91 Å². The van der Waals surface area contributed by atoms with E-state index in [0.717, 1.165) is 24.2 Å². The van der Waals surface area contributed by atoms with Crippen LogP contribution in [0.4, 0.5) is 11.4 Å². The number of hydrogen-bond acceptors (Lipinski definition) is 4. The van der Waals surface area contributed by atoms with E-state index in [2.05, 4.69) is 17.6 Å². The molecule has 21 heavy (non-hydrogen) atoms. The Bertz CT molecular complexity index is 581. The molecular formula is C15H22N2O3S. The molecule has 1 amide bonds. The van der Waals surface area contributed by atoms with Crippen molar-refractivity contribution in [3.63, 3.8) is 0 Å². The average molecular weight is 310 g/mol. The Morgan fingerprint density at radius 2 is 1.90 bits per heavy atom. The third-order valence-electron chi connectivity index (χ3n) is 3.53. The van der Waals surface area contributed by atoms with Crippen molar-refractivity contribution in [2.24, 2.45) is 0 Å². The molecule has 2 N–H and O–H groups in total. The predicted octanol–water partition coefficient (Wildman–Crippen LogP) is 2.41. The molecule has 1 aromatic rings. The summed E-state index contributed by atoms with van der Waals surface area (Å²) >= 11 is 0. The third kappa shape index (κ3) is 5.04. The molecule has 2 rings (SSSR count). The Hall–Kier alpha value is -1.56. The lowest BCUT2D eigenvalue weighted by molar-refractivity contribution is -0.116. The molecule has 1 fully saturated rings. The molecule has 0 radical (unpaired) electrons. The van der Waals surface area contributed by atoms with E-state index in [-0.39, 0.29) is 23.5 Å². The first-order chi connectivity index (χ1) is 9.98. The number of benzene rings is 1. The predicted molar refractivity (Wildman–Crippen MR) is 85.3 cm³/mol. The van der Waals surface area contributed by atoms with Crippen LogP contribution in [0.5, 0.6) is 0 Å². The van der Waals surface area contributed by atoms with Crippen LogP contribution in [0.2, 0.25) is 0 Å². The van der Waals surface area contributed by atoms with Crippen molar-refractivity contribution in [1.82, 2.24) is 0 Å². The molecule has 0 bridgehead atoms. The number of carbonyl (C=O) groups excluding carboxylic acids is 1. The molecule has 0 aromatic heterocycles. The van der Waals surface area contributed by atoms with Crippen LogP contribution >= 0.6 is 0 Å². The second-order valence-corrected chi connectivity index (χ2v) is 7.70. The number of unbranched alkanes of at least 4 members (excludes halogenated alkanes) is 1. The zero-order chi connectivity index (χ0) is 15.3. The molecule has 116 valence electrons. The van der Waals surface area contributed by atoms with Gasteiger partial charge in [-0.1, -0.05) is 13.3 Å². The lowest BCUT2D eigenvalue weighted by Gasteiger charge is -2.13. The lowest BCUT2D eigenvalue weighted by atomic mass is 10.2. The monoisotopic (exact) mass is 310 g/mol. The molecule has 1 unspecified atom stereocenters. The fraction of sp³-hybridized carbons (Fsp3) is 0.533. The van der Waals surface area contributed by atoms with Gasteiger partial charge in [-0.15, -0.1) is 0 Å². The van der Waals surface area contributed by atoms with E-state index < -0.39 is 9.84 Å². The lowest BCUT2D eigenvalue weighted by Crippen LogP contribution is -2.20. The average Bonchev–Trinajstić information content (AvgIpc) is 2.78. The number of anilines is 2. The van der Waals surface area contributed by atoms with Crippen LogP contribution in [0.3, 0.4) is 0 Å². The van der Waals surface area contributed by atoms with E-state index in [0.29, 0.717) is 12.8 Å². The van der Waals surface area contributed by atoms with E-state index in [1.165, 1.54) is 0 Å². The molecule has 0 saturated carbocycles. The first-order valence-electron chi connectivity index (χ1n) is 7.35. The van der Waals surface area contributed by atoms with Gasteiger partial charge in [0.25, 0.3) is 0 Å². The van der Waals surface area contributed by atoms with Gasteiger partial charge in [-0.05, 0) is 37.1 Å². The quantitative estimate of drug-likeness (QED) is 0.846. The van der Waals surface area contributed by atoms with E-state index in [1.807, 2.05) is 24.3 Å². The summed E-state index contributed by atoms with van der Waals surface area (Å²) in [6.07, 6.45) is 3.08. The zero-order valence-electron chi connectivity index (χ0n) is 12.3. The summed E-state index contributed by atoms with van der Waals surface area (Å²) in [5.74, 6) is 0.484. The second-order valence-electron chi connectivity index (χ2n) is 5.47. The summed E-state index contributed by atoms with van der Waals surface area (Å²) in [4.78, 5) is 11.6. The van der Waals surface area contributed by atoms with E-state index >= 15 is 0 Å². The summed E-state index contributed by atoms with van der Waals surface area (Å²) < 4.78 is 22.8. The van der Waals surface area contributed by atoms with Gasteiger partial charge in [0.1, 0.15) is 0 Å². The van der Waals surface area contributed by atoms with Gasteiger partial charge in [0, 0.05) is 23.8 Å². The first kappa shape index (κ1) is 15.8. The number of rotatable bonds is 6. The van der Waals surface area contributed by atoms with Gasteiger partial charge < -0.3 is 10.6 Å². The van der Waals surface area contributed by atoms with Crippen LogP contribution in [0.25, 0.3) is 0 Å². The number of hydrogen-bond donors (Lipinski definition) is 2. The Morgan fingerprint density at radius 3 is 2.48 bits per heavy atom. The molecule has 1 saturated heterocycles. The van der Waals surface area contributed by atoms with E-state index in [4.69, 9.17) is 0 Å². The second kappa shape index (κ2) is 6.93. The number of carbonyl (C=O) groups is 1. The van der Waals surface area contributed by atoms with Gasteiger partial charge in [-0.25, -0.2) is 8.42 Å². The van der Waals surface area contributed by atoms with E-state index in [1.54, 1.807) is 0 Å². The van der Waals surface area contributed by atoms with Gasteiger partial charge in [0.15, 0.2) is 9.84 Å². The molecule has 1 atom stereocenters. The minimum absolute atomic E-state index is 0.0139. The minimum atomic E-state index is -2.87. The first-order valence-corrected chi connectivity index (χ1v) is 9.17. The van der Waals surface area contributed by atoms with Crippen LogP contribution in [0.1, 0.15) is 32.6 Å². The topological polar surface area (TPSA) is 75.3 Å². The minimum Gasteiger partial charge on any atom is -0.381 e. The van der Waals surface area contributed by atoms with Crippen LogP contribution in [-0.2, 0) is 14.6 Å². The Labute approximate surface area is 126 Å². The van der Waals surface area contributed by atoms with Gasteiger partial charge in [0.05, 0.1) is 11.5 Å². The van der Waals surface area contributed by atoms with Crippen LogP contribution in [0.15, 0.2) is 24.3 Å². The number of nitrogens with one attached hydrogen (secondary N) is 2. The Balaban J connectivity index is 1.86. The third-order valence-corrected chi connectivity index (χ3v) is 5.30. The standard InChI is InChI=1S/C15H22N2O3S/c1-2-3-4-15(18)17-13-7-5-12(6-8-13)16-14-9-10-21(19,20)11-14/h5-8,14,16H,2-4,9-11H2,1H3,(H,17,18). The molecule has 1 aliphatic rings. The summed E-state index contributed by atoms with van der Waals surface area (Å²) in [5, 5.41) is 6.07. The fourth-order valence-corrected chi connectivity index (χ4v) is 4.03. The van der Waals surface area contributed by atoms with Gasteiger partial charge >= 0.3 is 0 Å². The maximum Gasteiger partial charge on any atom is 0.224 e. The van der Waals surface area contributed by atoms with E-state index in [9.17, 15) is 13.2 Å². The smallest absolute Gasteiger partial charge is 0.224 e. The van der Waals surface area contributed by atoms with Crippen molar-refractivity contribution in [2.75, 3.05) is 22.1 Å². The molecule has 1 heterocycles. The Morgan fingerprint density at radius 1 is 1.24 bits per heavy atom. The largest absolute Gasteiger partial charge is 0.381 e. The van der Waals surface area contributed by atoms with Crippen LogP contribution < -0.4 is 10.6 Å². The maximum atomic E-state index is 11.6. The fourth-order valence-electron chi connectivity index (χ4n) is 2.36. The molecule has 1 aromatic carbocycles. The normalized spacial score (nSPS) is 20.1. The van der Waals surface area contributed by atoms with Crippen molar-refractivity contribution in [3.05, 3.63) is 24.3 Å². The summed E-state index contributed by atoms with van der Waals surface area (Å²) in [6, 6.07) is 7.37. The van der Waals surface area contributed by atoms with Crippen molar-refractivity contribution >= 4 is 27.1 Å². The summed E-state index contributed by atoms with van der Waals surface area (Å²) in [6.45, 7) is 2.05. The van der Waals surface area contributed by atoms with Crippen LogP contribution in [0, 0.1) is 0 Å². The van der Waals surface area contributed by atoms with Crippen LogP contribution in [-0.4, -0.2) is 31.9 Å². The summed E-state index contributed by atoms with van der Waals surface area (Å²) in [7, 11) is -2.87. The van der Waals surface area contributed by atoms with Crippen molar-refractivity contribution in [2.45, 2.75) is 38.6 Å². The van der Waals surface area contributed by atoms with Gasteiger partial charge in [-0.2, -0.15) is 0 Å². The van der Waals surface area contributed by atoms with Gasteiger partial charge in [-0.3, -0.25) is 4.79 Å². The molecular weight excluding hydrogens is 288 g/mol. The molecule has 0 aliphatic carbocycles. The highest BCUT2D eigenvalue weighted by Gasteiger charge is 2.27. The van der Waals surface area contributed by atoms with Crippen molar-refractivity contribution in [3.8, 4) is 0 Å². The number of sulfone groups is 1. The zero-order valence-corrected chi connectivity index (χ0v) is 13.1. The number of amides is 1. The SMILES string of the molecule is CCCCC(=O)Nc1ccc(NC2CCS(=O)(=O)C2)cc1. The Kier molecular flexibility index (Phi) is 5.22. The molecule has 5 nitrogen and oxygen atoms in total. The highest BCUT2D eigenvalue weighted by molar-refractivity contribution is 7.91. The molecule has 6 heteroatoms. The highest BCUT2D eigenvalue weighted by Crippen LogP contribution is 2.19. The molecule has 1 aliphatic heterocycles. The van der Waals surface area contributed by atoms with Crippen molar-refractivity contribution in [1.29, 1.82) is 0 Å². The summed E-state index contributed by atoms with van der Waals surface area (Å²) in [5.41, 5.74) is 1.64. The maximum absolute atomic E-state index is 11.6. The van der Waals surface area contributed by atoms with Crippen molar-refractivity contribution < 1.29 is 13.2 Å². The molecule has 0 spiro atoms. The highest BCUT2D eigenvalue weighted by atomic mass is 32.2.